The molecule has 10 heteroatoms. The standard InChI is InChI=1S/C33H60N4O6/c1-28(2)13-22(14-29(3,4)34(28)19-25(38)39)37(23-15-30(5,6)35(20-26(40)41)31(7,8)16-23)24-17-32(9,10)36(21-27(42)43)33(11,12)18-24/h22-24H,13-21H2,1-12H3,(H,38,39)(H,40,41)(H,42,43). The predicted molar refractivity (Wildman–Crippen MR) is 168 cm³/mol. The van der Waals surface area contributed by atoms with E-state index in [-0.39, 0.29) is 71.0 Å². The molecule has 43 heavy (non-hydrogen) atoms. The van der Waals surface area contributed by atoms with Crippen molar-refractivity contribution in [2.24, 2.45) is 0 Å². The summed E-state index contributed by atoms with van der Waals surface area (Å²) in [6, 6.07) is 0.542. The summed E-state index contributed by atoms with van der Waals surface area (Å²) < 4.78 is 0. The summed E-state index contributed by atoms with van der Waals surface area (Å²) in [6.45, 7) is 25.9. The molecule has 248 valence electrons. The Morgan fingerprint density at radius 2 is 0.628 bits per heavy atom. The van der Waals surface area contributed by atoms with Crippen molar-refractivity contribution in [3.8, 4) is 0 Å². The molecular formula is C33H60N4O6. The normalized spacial score (nSPS) is 28.1. The first-order valence-corrected chi connectivity index (χ1v) is 16.0. The summed E-state index contributed by atoms with van der Waals surface area (Å²) in [5.74, 6) is -2.46. The van der Waals surface area contributed by atoms with Crippen LogP contribution < -0.4 is 0 Å². The average Bonchev–Trinajstić information content (AvgIpc) is 2.74. The molecule has 0 bridgehead atoms. The first-order chi connectivity index (χ1) is 19.2. The first-order valence-electron chi connectivity index (χ1n) is 16.0. The Hall–Kier alpha value is -1.75. The molecule has 0 spiro atoms. The van der Waals surface area contributed by atoms with Gasteiger partial charge in [0.05, 0.1) is 19.6 Å². The lowest BCUT2D eigenvalue weighted by Crippen LogP contribution is -2.72. The van der Waals surface area contributed by atoms with Crippen LogP contribution in [-0.4, -0.2) is 124 Å². The number of hydrogen-bond donors (Lipinski definition) is 3. The minimum Gasteiger partial charge on any atom is -0.480 e. The SMILES string of the molecule is CC1(C)CC(N(C2CC(C)(C)N(CC(=O)O)C(C)(C)C2)C2CC(C)(C)N(CC(=O)O)C(C)(C)C2)CC(C)(C)N1CC(=O)O. The number of piperidine rings is 3. The summed E-state index contributed by atoms with van der Waals surface area (Å²) in [4.78, 5) is 44.9. The average molecular weight is 609 g/mol. The fraction of sp³-hybridized carbons (Fsp3) is 0.909. The number of likely N-dealkylation sites (tertiary alicyclic amines) is 3. The van der Waals surface area contributed by atoms with Gasteiger partial charge in [-0.05, 0) is 122 Å². The van der Waals surface area contributed by atoms with E-state index in [4.69, 9.17) is 0 Å². The molecule has 3 rings (SSSR count). The Bertz CT molecular complexity index is 894. The number of rotatable bonds is 9. The topological polar surface area (TPSA) is 125 Å². The monoisotopic (exact) mass is 608 g/mol. The lowest BCUT2D eigenvalue weighted by Gasteiger charge is -2.64. The Morgan fingerprint density at radius 3 is 0.767 bits per heavy atom. The molecule has 3 aliphatic rings. The second kappa shape index (κ2) is 11.6. The molecule has 10 nitrogen and oxygen atoms in total. The zero-order valence-corrected chi connectivity index (χ0v) is 29.0. The van der Waals surface area contributed by atoms with Crippen molar-refractivity contribution in [3.05, 3.63) is 0 Å². The molecule has 0 radical (unpaired) electrons. The van der Waals surface area contributed by atoms with E-state index in [0.29, 0.717) is 0 Å². The van der Waals surface area contributed by atoms with Crippen LogP contribution in [0.25, 0.3) is 0 Å². The molecule has 3 aliphatic heterocycles. The highest BCUT2D eigenvalue weighted by Gasteiger charge is 2.56. The number of hydrogen-bond acceptors (Lipinski definition) is 7. The van der Waals surface area contributed by atoms with Gasteiger partial charge in [-0.1, -0.05) is 0 Å². The Kier molecular flexibility index (Phi) is 9.60. The zero-order valence-electron chi connectivity index (χ0n) is 29.0. The Morgan fingerprint density at radius 1 is 0.465 bits per heavy atom. The fourth-order valence-electron chi connectivity index (χ4n) is 10.0. The van der Waals surface area contributed by atoms with Crippen LogP contribution in [0.2, 0.25) is 0 Å². The maximum absolute atomic E-state index is 11.9. The van der Waals surface area contributed by atoms with Crippen LogP contribution in [0.5, 0.6) is 0 Å². The van der Waals surface area contributed by atoms with E-state index >= 15 is 0 Å². The molecule has 3 fully saturated rings. The van der Waals surface area contributed by atoms with Crippen LogP contribution in [-0.2, 0) is 14.4 Å². The van der Waals surface area contributed by atoms with Gasteiger partial charge in [-0.2, -0.15) is 0 Å². The number of carboxylic acids is 3. The molecule has 0 aromatic rings. The van der Waals surface area contributed by atoms with Crippen LogP contribution in [0, 0.1) is 0 Å². The lowest BCUT2D eigenvalue weighted by atomic mass is 9.70. The highest BCUT2D eigenvalue weighted by molar-refractivity contribution is 5.70. The molecule has 3 N–H and O–H groups in total. The van der Waals surface area contributed by atoms with Crippen LogP contribution in [0.1, 0.15) is 122 Å². The van der Waals surface area contributed by atoms with Crippen molar-refractivity contribution in [1.82, 2.24) is 19.6 Å². The maximum atomic E-state index is 11.9. The third-order valence-electron chi connectivity index (χ3n) is 10.9. The van der Waals surface area contributed by atoms with E-state index in [1.165, 1.54) is 0 Å². The summed E-state index contributed by atoms with van der Waals surface area (Å²) in [6.07, 6.45) is 4.89. The first kappa shape index (κ1) is 35.7. The number of aliphatic carboxylic acids is 3. The van der Waals surface area contributed by atoms with Gasteiger partial charge in [0.1, 0.15) is 0 Å². The van der Waals surface area contributed by atoms with Gasteiger partial charge in [0.25, 0.3) is 0 Å². The minimum absolute atomic E-state index is 0.00595. The summed E-state index contributed by atoms with van der Waals surface area (Å²) in [7, 11) is 0. The highest BCUT2D eigenvalue weighted by atomic mass is 16.4. The third-order valence-corrected chi connectivity index (χ3v) is 10.9. The van der Waals surface area contributed by atoms with Crippen molar-refractivity contribution >= 4 is 17.9 Å². The molecule has 3 saturated heterocycles. The summed E-state index contributed by atoms with van der Waals surface area (Å²) in [5.41, 5.74) is -2.12. The fourth-order valence-corrected chi connectivity index (χ4v) is 10.0. The molecular weight excluding hydrogens is 548 g/mol. The minimum atomic E-state index is -0.819. The van der Waals surface area contributed by atoms with E-state index < -0.39 is 17.9 Å². The van der Waals surface area contributed by atoms with Crippen molar-refractivity contribution in [1.29, 1.82) is 0 Å². The van der Waals surface area contributed by atoms with E-state index in [0.717, 1.165) is 38.5 Å². The second-order valence-corrected chi connectivity index (χ2v) is 17.4. The van der Waals surface area contributed by atoms with E-state index in [2.05, 4.69) is 103 Å². The van der Waals surface area contributed by atoms with Crippen LogP contribution >= 0.6 is 0 Å². The lowest BCUT2D eigenvalue weighted by molar-refractivity contribution is -0.162. The van der Waals surface area contributed by atoms with Crippen molar-refractivity contribution in [3.63, 3.8) is 0 Å². The van der Waals surface area contributed by atoms with Gasteiger partial charge in [-0.15, -0.1) is 0 Å². The number of nitrogens with zero attached hydrogens (tertiary/aromatic N) is 4. The van der Waals surface area contributed by atoms with E-state index in [1.54, 1.807) is 0 Å². The summed E-state index contributed by atoms with van der Waals surface area (Å²) in [5, 5.41) is 29.3. The van der Waals surface area contributed by atoms with Crippen LogP contribution in [0.4, 0.5) is 0 Å². The Balaban J connectivity index is 2.12. The quantitative estimate of drug-likeness (QED) is 0.342. The zero-order chi connectivity index (χ0) is 33.1. The van der Waals surface area contributed by atoms with Gasteiger partial charge in [-0.3, -0.25) is 34.0 Å². The molecule has 0 aliphatic carbocycles. The van der Waals surface area contributed by atoms with Gasteiger partial charge in [0, 0.05) is 51.4 Å². The van der Waals surface area contributed by atoms with Gasteiger partial charge in [0.15, 0.2) is 0 Å². The molecule has 0 atom stereocenters. The molecule has 0 aromatic heterocycles. The molecule has 3 heterocycles. The van der Waals surface area contributed by atoms with Crippen LogP contribution in [0.15, 0.2) is 0 Å². The second-order valence-electron chi connectivity index (χ2n) is 17.4. The summed E-state index contributed by atoms with van der Waals surface area (Å²) >= 11 is 0. The van der Waals surface area contributed by atoms with Gasteiger partial charge >= 0.3 is 17.9 Å². The molecule has 0 amide bonds. The smallest absolute Gasteiger partial charge is 0.317 e. The van der Waals surface area contributed by atoms with Crippen LogP contribution in [0.3, 0.4) is 0 Å². The van der Waals surface area contributed by atoms with E-state index in [9.17, 15) is 29.7 Å². The van der Waals surface area contributed by atoms with Crippen molar-refractivity contribution < 1.29 is 29.7 Å². The third kappa shape index (κ3) is 7.56. The largest absolute Gasteiger partial charge is 0.480 e. The van der Waals surface area contributed by atoms with E-state index in [1.807, 2.05) is 0 Å². The predicted octanol–water partition coefficient (Wildman–Crippen LogP) is 4.61. The highest BCUT2D eigenvalue weighted by Crippen LogP contribution is 2.49. The molecule has 0 saturated carbocycles. The Labute approximate surface area is 259 Å². The van der Waals surface area contributed by atoms with Gasteiger partial charge < -0.3 is 15.3 Å². The van der Waals surface area contributed by atoms with Crippen molar-refractivity contribution in [2.45, 2.75) is 173 Å². The van der Waals surface area contributed by atoms with Gasteiger partial charge in [0.2, 0.25) is 0 Å². The maximum Gasteiger partial charge on any atom is 0.317 e. The van der Waals surface area contributed by atoms with Gasteiger partial charge in [-0.25, -0.2) is 0 Å². The molecule has 0 aromatic carbocycles. The number of carbonyl (C=O) groups is 3. The van der Waals surface area contributed by atoms with Crippen molar-refractivity contribution in [2.75, 3.05) is 19.6 Å². The molecule has 0 unspecified atom stereocenters. The number of carboxylic acid groups (broad SMARTS) is 3.